The normalized spacial score (nSPS) is 20.9. The van der Waals surface area contributed by atoms with Crippen molar-refractivity contribution in [1.82, 2.24) is 10.2 Å². The lowest BCUT2D eigenvalue weighted by molar-refractivity contribution is 0.0291. The van der Waals surface area contributed by atoms with Crippen LogP contribution in [-0.2, 0) is 4.74 Å². The molecule has 1 rings (SSSR count). The Labute approximate surface area is 98.3 Å². The number of nitrogens with zero attached hydrogens (tertiary/aromatic N) is 1. The van der Waals surface area contributed by atoms with Gasteiger partial charge in [-0.25, -0.2) is 4.79 Å². The summed E-state index contributed by atoms with van der Waals surface area (Å²) in [5.41, 5.74) is -0.403. The van der Waals surface area contributed by atoms with E-state index in [-0.39, 0.29) is 6.09 Å². The molecule has 0 unspecified atom stereocenters. The van der Waals surface area contributed by atoms with Gasteiger partial charge >= 0.3 is 6.09 Å². The Morgan fingerprint density at radius 3 is 2.69 bits per heavy atom. The zero-order valence-corrected chi connectivity index (χ0v) is 10.9. The van der Waals surface area contributed by atoms with Crippen molar-refractivity contribution in [1.29, 1.82) is 0 Å². The van der Waals surface area contributed by atoms with Crippen molar-refractivity contribution in [3.05, 3.63) is 0 Å². The van der Waals surface area contributed by atoms with Crippen molar-refractivity contribution in [2.45, 2.75) is 39.2 Å². The molecule has 1 amide bonds. The number of carbonyl (C=O) groups is 1. The number of carbonyl (C=O) groups excluding carboxylic acids is 1. The Bertz CT molecular complexity index is 230. The second kappa shape index (κ2) is 5.53. The van der Waals surface area contributed by atoms with Crippen LogP contribution in [0.5, 0.6) is 0 Å². The maximum absolute atomic E-state index is 11.7. The summed E-state index contributed by atoms with van der Waals surface area (Å²) in [4.78, 5) is 13.3. The fourth-order valence-electron chi connectivity index (χ4n) is 1.77. The van der Waals surface area contributed by atoms with E-state index in [0.717, 1.165) is 26.1 Å². The monoisotopic (exact) mass is 228 g/mol. The Morgan fingerprint density at radius 2 is 2.19 bits per heavy atom. The van der Waals surface area contributed by atoms with E-state index in [1.54, 1.807) is 11.9 Å². The summed E-state index contributed by atoms with van der Waals surface area (Å²) >= 11 is 0. The summed E-state index contributed by atoms with van der Waals surface area (Å²) in [5, 5.41) is 3.33. The van der Waals surface area contributed by atoms with Gasteiger partial charge in [0.05, 0.1) is 0 Å². The van der Waals surface area contributed by atoms with Crippen molar-refractivity contribution in [2.24, 2.45) is 5.92 Å². The van der Waals surface area contributed by atoms with Crippen LogP contribution in [0.2, 0.25) is 0 Å². The highest BCUT2D eigenvalue weighted by Crippen LogP contribution is 2.14. The lowest BCUT2D eigenvalue weighted by atomic mass is 10.1. The van der Waals surface area contributed by atoms with Gasteiger partial charge in [0.25, 0.3) is 0 Å². The third-order valence-corrected chi connectivity index (χ3v) is 2.74. The summed E-state index contributed by atoms with van der Waals surface area (Å²) in [6.07, 6.45) is 2.06. The van der Waals surface area contributed by atoms with Crippen LogP contribution >= 0.6 is 0 Å². The van der Waals surface area contributed by atoms with Gasteiger partial charge in [-0.2, -0.15) is 0 Å². The van der Waals surface area contributed by atoms with Crippen molar-refractivity contribution < 1.29 is 9.53 Å². The quantitative estimate of drug-likeness (QED) is 0.801. The minimum atomic E-state index is -0.403. The molecule has 0 aromatic heterocycles. The average Bonchev–Trinajstić information content (AvgIpc) is 2.63. The number of amides is 1. The first-order valence-corrected chi connectivity index (χ1v) is 6.03. The van der Waals surface area contributed by atoms with Gasteiger partial charge in [-0.15, -0.1) is 0 Å². The summed E-state index contributed by atoms with van der Waals surface area (Å²) in [5.74, 6) is 0.713. The molecule has 0 aromatic rings. The topological polar surface area (TPSA) is 41.6 Å². The number of nitrogens with one attached hydrogen (secondary N) is 1. The maximum atomic E-state index is 11.7. The molecule has 0 aromatic carbocycles. The number of ether oxygens (including phenoxy) is 1. The average molecular weight is 228 g/mol. The van der Waals surface area contributed by atoms with E-state index in [1.165, 1.54) is 6.42 Å². The molecule has 4 heteroatoms. The molecule has 0 aliphatic carbocycles. The minimum absolute atomic E-state index is 0.224. The van der Waals surface area contributed by atoms with Crippen LogP contribution in [0.4, 0.5) is 4.79 Å². The SMILES string of the molecule is CN(CC[C@@H]1CCNC1)C(=O)OC(C)(C)C. The van der Waals surface area contributed by atoms with Crippen LogP contribution in [0.3, 0.4) is 0 Å². The van der Waals surface area contributed by atoms with Crippen molar-refractivity contribution >= 4 is 6.09 Å². The van der Waals surface area contributed by atoms with E-state index in [0.29, 0.717) is 5.92 Å². The highest BCUT2D eigenvalue weighted by atomic mass is 16.6. The molecular weight excluding hydrogens is 204 g/mol. The Hall–Kier alpha value is -0.770. The molecule has 1 aliphatic rings. The zero-order chi connectivity index (χ0) is 12.2. The molecule has 4 nitrogen and oxygen atoms in total. The lowest BCUT2D eigenvalue weighted by Gasteiger charge is -2.25. The van der Waals surface area contributed by atoms with Crippen LogP contribution in [0.1, 0.15) is 33.6 Å². The molecule has 1 N–H and O–H groups in total. The standard InChI is InChI=1S/C12H24N2O2/c1-12(2,3)16-11(15)14(4)8-6-10-5-7-13-9-10/h10,13H,5-9H2,1-4H3/t10-/m0/s1. The van der Waals surface area contributed by atoms with Gasteiger partial charge in [0.1, 0.15) is 5.60 Å². The van der Waals surface area contributed by atoms with Gasteiger partial charge < -0.3 is 15.0 Å². The predicted molar refractivity (Wildman–Crippen MR) is 64.5 cm³/mol. The highest BCUT2D eigenvalue weighted by Gasteiger charge is 2.21. The molecular formula is C12H24N2O2. The van der Waals surface area contributed by atoms with Crippen LogP contribution in [0, 0.1) is 5.92 Å². The van der Waals surface area contributed by atoms with Crippen LogP contribution < -0.4 is 5.32 Å². The molecule has 0 radical (unpaired) electrons. The van der Waals surface area contributed by atoms with E-state index in [1.807, 2.05) is 20.8 Å². The largest absolute Gasteiger partial charge is 0.444 e. The fourth-order valence-corrected chi connectivity index (χ4v) is 1.77. The molecule has 1 atom stereocenters. The van der Waals surface area contributed by atoms with Crippen molar-refractivity contribution in [2.75, 3.05) is 26.7 Å². The molecule has 94 valence electrons. The molecule has 0 bridgehead atoms. The summed E-state index contributed by atoms with van der Waals surface area (Å²) in [6, 6.07) is 0. The Kier molecular flexibility index (Phi) is 4.59. The first kappa shape index (κ1) is 13.3. The second-order valence-corrected chi connectivity index (χ2v) is 5.55. The smallest absolute Gasteiger partial charge is 0.410 e. The van der Waals surface area contributed by atoms with Gasteiger partial charge in [-0.3, -0.25) is 0 Å². The third-order valence-electron chi connectivity index (χ3n) is 2.74. The van der Waals surface area contributed by atoms with Crippen LogP contribution in [-0.4, -0.2) is 43.3 Å². The Balaban J connectivity index is 2.23. The molecule has 0 saturated carbocycles. The van der Waals surface area contributed by atoms with E-state index in [9.17, 15) is 4.79 Å². The van der Waals surface area contributed by atoms with Gasteiger partial charge in [0, 0.05) is 13.6 Å². The van der Waals surface area contributed by atoms with Crippen LogP contribution in [0.15, 0.2) is 0 Å². The van der Waals surface area contributed by atoms with Gasteiger partial charge in [0.15, 0.2) is 0 Å². The van der Waals surface area contributed by atoms with Crippen molar-refractivity contribution in [3.63, 3.8) is 0 Å². The Morgan fingerprint density at radius 1 is 1.50 bits per heavy atom. The molecule has 0 spiro atoms. The van der Waals surface area contributed by atoms with E-state index in [2.05, 4.69) is 5.32 Å². The van der Waals surface area contributed by atoms with Gasteiger partial charge in [0.2, 0.25) is 0 Å². The number of rotatable bonds is 3. The fraction of sp³-hybridized carbons (Fsp3) is 0.917. The molecule has 1 heterocycles. The first-order chi connectivity index (χ1) is 7.38. The van der Waals surface area contributed by atoms with Gasteiger partial charge in [-0.05, 0) is 52.6 Å². The minimum Gasteiger partial charge on any atom is -0.444 e. The maximum Gasteiger partial charge on any atom is 0.410 e. The summed E-state index contributed by atoms with van der Waals surface area (Å²) in [6.45, 7) is 8.64. The van der Waals surface area contributed by atoms with Gasteiger partial charge in [-0.1, -0.05) is 0 Å². The van der Waals surface area contributed by atoms with E-state index >= 15 is 0 Å². The highest BCUT2D eigenvalue weighted by molar-refractivity contribution is 5.67. The molecule has 16 heavy (non-hydrogen) atoms. The van der Waals surface area contributed by atoms with Crippen molar-refractivity contribution in [3.8, 4) is 0 Å². The van der Waals surface area contributed by atoms with E-state index in [4.69, 9.17) is 4.74 Å². The lowest BCUT2D eigenvalue weighted by Crippen LogP contribution is -2.35. The predicted octanol–water partition coefficient (Wildman–Crippen LogP) is 1.85. The van der Waals surface area contributed by atoms with Crippen LogP contribution in [0.25, 0.3) is 0 Å². The number of hydrogen-bond acceptors (Lipinski definition) is 3. The first-order valence-electron chi connectivity index (χ1n) is 6.03. The molecule has 1 aliphatic heterocycles. The summed E-state index contributed by atoms with van der Waals surface area (Å²) < 4.78 is 5.29. The molecule has 1 fully saturated rings. The van der Waals surface area contributed by atoms with E-state index < -0.39 is 5.60 Å². The zero-order valence-electron chi connectivity index (χ0n) is 10.9. The summed E-state index contributed by atoms with van der Waals surface area (Å²) in [7, 11) is 1.80. The number of hydrogen-bond donors (Lipinski definition) is 1. The third kappa shape index (κ3) is 4.84. The second-order valence-electron chi connectivity index (χ2n) is 5.55. The molecule has 1 saturated heterocycles.